The van der Waals surface area contributed by atoms with Crippen molar-refractivity contribution in [3.63, 3.8) is 0 Å². The second-order valence-electron chi connectivity index (χ2n) is 6.51. The van der Waals surface area contributed by atoms with Gasteiger partial charge in [-0.05, 0) is 25.3 Å². The molecule has 132 valence electrons. The summed E-state index contributed by atoms with van der Waals surface area (Å²) >= 11 is 0. The highest BCUT2D eigenvalue weighted by Crippen LogP contribution is 2.66. The number of primary amides is 1. The van der Waals surface area contributed by atoms with E-state index in [1.807, 2.05) is 0 Å². The quantitative estimate of drug-likeness (QED) is 0.835. The number of nitrogens with two attached hydrogens (primary N) is 1. The van der Waals surface area contributed by atoms with Crippen molar-refractivity contribution in [2.24, 2.45) is 11.1 Å². The number of anilines is 1. The Morgan fingerprint density at radius 2 is 1.83 bits per heavy atom. The fraction of sp³-hybridized carbons (Fsp3) is 0.600. The Hall–Kier alpha value is -1.93. The van der Waals surface area contributed by atoms with Crippen molar-refractivity contribution < 1.29 is 26.7 Å². The molecule has 0 unspecified atom stereocenters. The molecular formula is C15H16F5N3O. The molecule has 0 bridgehead atoms. The molecule has 2 N–H and O–H groups in total. The van der Waals surface area contributed by atoms with Crippen LogP contribution in [0.2, 0.25) is 0 Å². The van der Waals surface area contributed by atoms with E-state index >= 15 is 0 Å². The van der Waals surface area contributed by atoms with Crippen LogP contribution < -0.4 is 10.6 Å². The van der Waals surface area contributed by atoms with E-state index in [1.165, 1.54) is 0 Å². The number of hydrogen-bond acceptors (Lipinski definition) is 3. The van der Waals surface area contributed by atoms with E-state index in [0.717, 1.165) is 6.92 Å². The molecule has 9 heteroatoms. The summed E-state index contributed by atoms with van der Waals surface area (Å²) in [7, 11) is 0. The third-order valence-corrected chi connectivity index (χ3v) is 5.10. The molecule has 1 aromatic heterocycles. The third-order valence-electron chi connectivity index (χ3n) is 5.10. The lowest BCUT2D eigenvalue weighted by atomic mass is 9.92. The lowest BCUT2D eigenvalue weighted by Crippen LogP contribution is -2.38. The first-order chi connectivity index (χ1) is 11.0. The Kier molecular flexibility index (Phi) is 3.55. The molecule has 1 saturated heterocycles. The van der Waals surface area contributed by atoms with Crippen LogP contribution in [0.1, 0.15) is 40.7 Å². The van der Waals surface area contributed by atoms with Crippen LogP contribution in [-0.2, 0) is 6.18 Å². The van der Waals surface area contributed by atoms with E-state index in [2.05, 4.69) is 4.98 Å². The molecule has 0 aromatic carbocycles. The van der Waals surface area contributed by atoms with E-state index < -0.39 is 29.0 Å². The molecule has 1 aliphatic heterocycles. The highest BCUT2D eigenvalue weighted by Gasteiger charge is 2.70. The summed E-state index contributed by atoms with van der Waals surface area (Å²) in [5, 5.41) is 0. The van der Waals surface area contributed by atoms with Gasteiger partial charge in [-0.1, -0.05) is 0 Å². The van der Waals surface area contributed by atoms with Gasteiger partial charge >= 0.3 is 6.18 Å². The van der Waals surface area contributed by atoms with Crippen LogP contribution in [0.3, 0.4) is 0 Å². The smallest absolute Gasteiger partial charge is 0.365 e. The zero-order chi connectivity index (χ0) is 17.9. The Bertz CT molecular complexity index is 693. The largest absolute Gasteiger partial charge is 0.418 e. The summed E-state index contributed by atoms with van der Waals surface area (Å²) in [5.41, 5.74) is 2.62. The van der Waals surface area contributed by atoms with Crippen LogP contribution in [0, 0.1) is 12.3 Å². The van der Waals surface area contributed by atoms with Gasteiger partial charge in [0.25, 0.3) is 11.8 Å². The van der Waals surface area contributed by atoms with Crippen LogP contribution in [0.15, 0.2) is 6.20 Å². The molecular weight excluding hydrogens is 333 g/mol. The molecule has 0 atom stereocenters. The monoisotopic (exact) mass is 349 g/mol. The van der Waals surface area contributed by atoms with Crippen molar-refractivity contribution in [1.82, 2.24) is 4.98 Å². The van der Waals surface area contributed by atoms with Gasteiger partial charge in [0.2, 0.25) is 0 Å². The Balaban J connectivity index is 1.92. The zero-order valence-corrected chi connectivity index (χ0v) is 12.9. The van der Waals surface area contributed by atoms with Crippen molar-refractivity contribution in [1.29, 1.82) is 0 Å². The number of rotatable bonds is 2. The van der Waals surface area contributed by atoms with Gasteiger partial charge < -0.3 is 10.6 Å². The minimum atomic E-state index is -4.65. The van der Waals surface area contributed by atoms with E-state index in [9.17, 15) is 26.7 Å². The van der Waals surface area contributed by atoms with Gasteiger partial charge in [0.1, 0.15) is 5.82 Å². The maximum atomic E-state index is 13.4. The van der Waals surface area contributed by atoms with Gasteiger partial charge in [-0.2, -0.15) is 13.2 Å². The zero-order valence-electron chi connectivity index (χ0n) is 12.9. The number of pyridine rings is 1. The van der Waals surface area contributed by atoms with Crippen LogP contribution in [0.4, 0.5) is 27.8 Å². The maximum Gasteiger partial charge on any atom is 0.418 e. The second kappa shape index (κ2) is 5.03. The Morgan fingerprint density at radius 3 is 2.25 bits per heavy atom. The van der Waals surface area contributed by atoms with Gasteiger partial charge in [0.05, 0.1) is 11.1 Å². The molecule has 1 spiro atoms. The molecule has 2 heterocycles. The summed E-state index contributed by atoms with van der Waals surface area (Å²) in [6.07, 6.45) is -3.73. The molecule has 2 fully saturated rings. The third kappa shape index (κ3) is 2.50. The maximum absolute atomic E-state index is 13.4. The number of hydrogen-bond donors (Lipinski definition) is 1. The number of piperidine rings is 1. The van der Waals surface area contributed by atoms with Crippen LogP contribution in [-0.4, -0.2) is 29.9 Å². The summed E-state index contributed by atoms with van der Waals surface area (Å²) in [6.45, 7) is 1.57. The number of halogens is 5. The van der Waals surface area contributed by atoms with E-state index in [1.54, 1.807) is 4.90 Å². The summed E-state index contributed by atoms with van der Waals surface area (Å²) in [6, 6.07) is 0. The number of alkyl halides is 5. The highest BCUT2D eigenvalue weighted by atomic mass is 19.4. The minimum absolute atomic E-state index is 0.0341. The summed E-state index contributed by atoms with van der Waals surface area (Å²) in [5.74, 6) is -3.65. The van der Waals surface area contributed by atoms with Crippen LogP contribution in [0.5, 0.6) is 0 Å². The molecule has 3 rings (SSSR count). The van der Waals surface area contributed by atoms with Gasteiger partial charge in [0, 0.05) is 31.1 Å². The second-order valence-corrected chi connectivity index (χ2v) is 6.51. The van der Waals surface area contributed by atoms with Gasteiger partial charge in [-0.3, -0.25) is 4.79 Å². The minimum Gasteiger partial charge on any atom is -0.365 e. The topological polar surface area (TPSA) is 59.2 Å². The Labute approximate surface area is 134 Å². The SMILES string of the molecule is Cc1c(C(F)(F)F)cnc(N2CCC3(CC2)CC3(F)F)c1C(N)=O. The fourth-order valence-electron chi connectivity index (χ4n) is 3.48. The lowest BCUT2D eigenvalue weighted by molar-refractivity contribution is -0.138. The van der Waals surface area contributed by atoms with Crippen LogP contribution >= 0.6 is 0 Å². The lowest BCUT2D eigenvalue weighted by Gasteiger charge is -2.34. The fourth-order valence-corrected chi connectivity index (χ4v) is 3.48. The first kappa shape index (κ1) is 16.9. The van der Waals surface area contributed by atoms with Gasteiger partial charge in [-0.25, -0.2) is 13.8 Å². The van der Waals surface area contributed by atoms with Gasteiger partial charge in [-0.15, -0.1) is 0 Å². The van der Waals surface area contributed by atoms with Crippen LogP contribution in [0.25, 0.3) is 0 Å². The van der Waals surface area contributed by atoms with Crippen molar-refractivity contribution in [2.45, 2.75) is 38.3 Å². The normalized spacial score (nSPS) is 21.8. The molecule has 1 saturated carbocycles. The molecule has 1 aliphatic carbocycles. The predicted octanol–water partition coefficient (Wildman–Crippen LogP) is 3.13. The van der Waals surface area contributed by atoms with Gasteiger partial charge in [0.15, 0.2) is 0 Å². The Morgan fingerprint density at radius 1 is 1.29 bits per heavy atom. The average molecular weight is 349 g/mol. The van der Waals surface area contributed by atoms with Crippen molar-refractivity contribution in [3.8, 4) is 0 Å². The first-order valence-corrected chi connectivity index (χ1v) is 7.48. The number of carbonyl (C=O) groups is 1. The van der Waals surface area contributed by atoms with E-state index in [4.69, 9.17) is 5.73 Å². The van der Waals surface area contributed by atoms with Crippen molar-refractivity contribution in [2.75, 3.05) is 18.0 Å². The molecule has 2 aliphatic rings. The molecule has 24 heavy (non-hydrogen) atoms. The highest BCUT2D eigenvalue weighted by molar-refractivity contribution is 5.99. The number of nitrogens with zero attached hydrogens (tertiary/aromatic N) is 2. The molecule has 0 radical (unpaired) electrons. The average Bonchev–Trinajstić information content (AvgIpc) is 2.97. The predicted molar refractivity (Wildman–Crippen MR) is 75.9 cm³/mol. The number of aromatic nitrogens is 1. The van der Waals surface area contributed by atoms with E-state index in [0.29, 0.717) is 6.20 Å². The molecule has 1 aromatic rings. The molecule has 4 nitrogen and oxygen atoms in total. The first-order valence-electron chi connectivity index (χ1n) is 7.48. The molecule has 1 amide bonds. The van der Waals surface area contributed by atoms with Crippen molar-refractivity contribution in [3.05, 3.63) is 22.9 Å². The summed E-state index contributed by atoms with van der Waals surface area (Å²) in [4.78, 5) is 17.0. The van der Waals surface area contributed by atoms with Crippen molar-refractivity contribution >= 4 is 11.7 Å². The number of carbonyl (C=O) groups excluding carboxylic acids is 1. The number of amides is 1. The summed E-state index contributed by atoms with van der Waals surface area (Å²) < 4.78 is 65.8. The standard InChI is InChI=1S/C15H16F5N3O/c1-8-9(15(18,19)20)6-22-12(10(8)11(21)24)23-4-2-13(3-5-23)7-14(13,16)17/h6H,2-5,7H2,1H3,(H2,21,24). The van der Waals surface area contributed by atoms with E-state index in [-0.39, 0.29) is 49.3 Å².